The van der Waals surface area contributed by atoms with Crippen LogP contribution in [0.1, 0.15) is 6.42 Å². The van der Waals surface area contributed by atoms with Crippen molar-refractivity contribution in [1.29, 1.82) is 0 Å². The summed E-state index contributed by atoms with van der Waals surface area (Å²) >= 11 is 7.49. The molecule has 0 bridgehead atoms. The molecule has 0 aliphatic heterocycles. The number of ether oxygens (including phenoxy) is 1. The van der Waals surface area contributed by atoms with Gasteiger partial charge in [0.1, 0.15) is 5.75 Å². The molecule has 6 heteroatoms. The third-order valence-corrected chi connectivity index (χ3v) is 4.78. The molecule has 0 spiro atoms. The first-order valence-corrected chi connectivity index (χ1v) is 9.02. The zero-order chi connectivity index (χ0) is 17.6. The van der Waals surface area contributed by atoms with E-state index in [0.717, 1.165) is 16.0 Å². The van der Waals surface area contributed by atoms with Crippen molar-refractivity contribution in [3.8, 4) is 5.75 Å². The van der Waals surface area contributed by atoms with Crippen molar-refractivity contribution in [2.45, 2.75) is 13.0 Å². The second-order valence-electron chi connectivity index (χ2n) is 5.31. The molecular weight excluding hydrogens is 356 g/mol. The minimum absolute atomic E-state index is 0.216. The van der Waals surface area contributed by atoms with Crippen LogP contribution >= 0.6 is 22.9 Å². The van der Waals surface area contributed by atoms with Crippen LogP contribution in [-0.4, -0.2) is 17.1 Å². The van der Waals surface area contributed by atoms with Crippen molar-refractivity contribution in [3.05, 3.63) is 71.0 Å². The summed E-state index contributed by atoms with van der Waals surface area (Å²) in [6.07, 6.45) is 2.00. The van der Waals surface area contributed by atoms with E-state index in [1.165, 1.54) is 11.3 Å². The van der Waals surface area contributed by atoms with E-state index in [1.807, 2.05) is 53.1 Å². The summed E-state index contributed by atoms with van der Waals surface area (Å²) in [5, 5.41) is 0.661. The van der Waals surface area contributed by atoms with Crippen molar-refractivity contribution in [3.63, 3.8) is 0 Å². The zero-order valence-electron chi connectivity index (χ0n) is 13.5. The van der Waals surface area contributed by atoms with Crippen LogP contribution in [0, 0.1) is 0 Å². The van der Waals surface area contributed by atoms with E-state index in [-0.39, 0.29) is 12.3 Å². The molecular formula is C19H17ClN2O2S. The number of nitrogens with zero attached hydrogens (tertiary/aromatic N) is 2. The van der Waals surface area contributed by atoms with Gasteiger partial charge in [0, 0.05) is 11.6 Å². The molecule has 4 nitrogen and oxygen atoms in total. The van der Waals surface area contributed by atoms with Crippen LogP contribution in [0.25, 0.3) is 10.2 Å². The Kier molecular flexibility index (Phi) is 5.68. The molecule has 0 aliphatic carbocycles. The van der Waals surface area contributed by atoms with Gasteiger partial charge < -0.3 is 9.30 Å². The van der Waals surface area contributed by atoms with Gasteiger partial charge in [-0.2, -0.15) is 4.99 Å². The van der Waals surface area contributed by atoms with Crippen LogP contribution in [0.2, 0.25) is 5.02 Å². The predicted octanol–water partition coefficient (Wildman–Crippen LogP) is 4.44. The van der Waals surface area contributed by atoms with Gasteiger partial charge in [0.05, 0.1) is 23.2 Å². The van der Waals surface area contributed by atoms with Crippen molar-refractivity contribution < 1.29 is 9.53 Å². The fraction of sp³-hybridized carbons (Fsp3) is 0.158. The molecule has 0 aliphatic rings. The van der Waals surface area contributed by atoms with Gasteiger partial charge >= 0.3 is 0 Å². The average molecular weight is 373 g/mol. The van der Waals surface area contributed by atoms with E-state index >= 15 is 0 Å². The van der Waals surface area contributed by atoms with E-state index in [9.17, 15) is 4.79 Å². The molecule has 2 aromatic carbocycles. The van der Waals surface area contributed by atoms with Gasteiger partial charge in [-0.15, -0.1) is 6.58 Å². The summed E-state index contributed by atoms with van der Waals surface area (Å²) < 4.78 is 8.49. The zero-order valence-corrected chi connectivity index (χ0v) is 15.1. The van der Waals surface area contributed by atoms with Crippen molar-refractivity contribution in [2.24, 2.45) is 4.99 Å². The van der Waals surface area contributed by atoms with E-state index in [0.29, 0.717) is 23.0 Å². The first-order chi connectivity index (χ1) is 12.2. The maximum absolute atomic E-state index is 12.2. The maximum Gasteiger partial charge on any atom is 0.251 e. The normalized spacial score (nSPS) is 11.6. The summed E-state index contributed by atoms with van der Waals surface area (Å²) in [6.45, 7) is 4.65. The lowest BCUT2D eigenvalue weighted by molar-refractivity contribution is -0.118. The van der Waals surface area contributed by atoms with Crippen molar-refractivity contribution >= 4 is 39.1 Å². The molecule has 0 saturated carbocycles. The third-order valence-electron chi connectivity index (χ3n) is 3.50. The van der Waals surface area contributed by atoms with Gasteiger partial charge in [-0.3, -0.25) is 4.79 Å². The number of hydrogen-bond acceptors (Lipinski definition) is 3. The average Bonchev–Trinajstić information content (AvgIpc) is 2.92. The van der Waals surface area contributed by atoms with E-state index in [2.05, 4.69) is 11.6 Å². The highest BCUT2D eigenvalue weighted by molar-refractivity contribution is 7.16. The number of halogens is 1. The first-order valence-electron chi connectivity index (χ1n) is 7.82. The standard InChI is InChI=1S/C19H17ClN2O2S/c1-2-11-22-16-9-8-14(20)13-17(16)25-19(22)21-18(23)10-12-24-15-6-4-3-5-7-15/h2-9,13H,1,10-12H2. The minimum atomic E-state index is -0.216. The third kappa shape index (κ3) is 4.38. The van der Waals surface area contributed by atoms with Gasteiger partial charge in [-0.1, -0.05) is 47.2 Å². The predicted molar refractivity (Wildman–Crippen MR) is 102 cm³/mol. The molecule has 1 heterocycles. The fourth-order valence-corrected chi connectivity index (χ4v) is 3.71. The number of allylic oxidation sites excluding steroid dienone is 1. The summed E-state index contributed by atoms with van der Waals surface area (Å²) in [5.41, 5.74) is 0.987. The molecule has 128 valence electrons. The Morgan fingerprint density at radius 2 is 2.08 bits per heavy atom. The van der Waals surface area contributed by atoms with Crippen LogP contribution in [0.3, 0.4) is 0 Å². The molecule has 1 aromatic heterocycles. The van der Waals surface area contributed by atoms with Crippen molar-refractivity contribution in [1.82, 2.24) is 4.57 Å². The van der Waals surface area contributed by atoms with Gasteiger partial charge in [0.25, 0.3) is 5.91 Å². The van der Waals surface area contributed by atoms with Crippen LogP contribution in [-0.2, 0) is 11.3 Å². The molecule has 3 rings (SSSR count). The van der Waals surface area contributed by atoms with E-state index < -0.39 is 0 Å². The lowest BCUT2D eigenvalue weighted by atomic mass is 10.3. The Hall–Kier alpha value is -2.37. The number of carbonyl (C=O) groups is 1. The smallest absolute Gasteiger partial charge is 0.251 e. The van der Waals surface area contributed by atoms with Crippen LogP contribution in [0.5, 0.6) is 5.75 Å². The molecule has 0 atom stereocenters. The SMILES string of the molecule is C=CCn1c(=NC(=O)CCOc2ccccc2)sc2cc(Cl)ccc21. The number of amides is 1. The number of hydrogen-bond donors (Lipinski definition) is 0. The highest BCUT2D eigenvalue weighted by Gasteiger charge is 2.08. The van der Waals surface area contributed by atoms with Crippen LogP contribution in [0.15, 0.2) is 66.2 Å². The number of para-hydroxylation sites is 1. The van der Waals surface area contributed by atoms with Gasteiger partial charge in [0.15, 0.2) is 4.80 Å². The minimum Gasteiger partial charge on any atom is -0.493 e. The molecule has 25 heavy (non-hydrogen) atoms. The molecule has 0 fully saturated rings. The molecule has 0 N–H and O–H groups in total. The first kappa shape index (κ1) is 17.5. The van der Waals surface area contributed by atoms with Gasteiger partial charge in [-0.05, 0) is 30.3 Å². The highest BCUT2D eigenvalue weighted by Crippen LogP contribution is 2.22. The quantitative estimate of drug-likeness (QED) is 0.600. The topological polar surface area (TPSA) is 43.6 Å². The number of fused-ring (bicyclic) bond motifs is 1. The van der Waals surface area contributed by atoms with E-state index in [4.69, 9.17) is 16.3 Å². The summed E-state index contributed by atoms with van der Waals surface area (Å²) in [7, 11) is 0. The van der Waals surface area contributed by atoms with E-state index in [1.54, 1.807) is 6.08 Å². The summed E-state index contributed by atoms with van der Waals surface area (Å²) in [4.78, 5) is 17.1. The second-order valence-corrected chi connectivity index (χ2v) is 6.76. The Morgan fingerprint density at radius 1 is 1.28 bits per heavy atom. The van der Waals surface area contributed by atoms with Crippen molar-refractivity contribution in [2.75, 3.05) is 6.61 Å². The van der Waals surface area contributed by atoms with Gasteiger partial charge in [0.2, 0.25) is 0 Å². The Balaban J connectivity index is 1.78. The Bertz CT molecular complexity index is 960. The second kappa shape index (κ2) is 8.14. The number of carbonyl (C=O) groups excluding carboxylic acids is 1. The van der Waals surface area contributed by atoms with Crippen LogP contribution < -0.4 is 9.54 Å². The number of thiazole rings is 1. The fourth-order valence-electron chi connectivity index (χ4n) is 2.37. The molecule has 3 aromatic rings. The Morgan fingerprint density at radius 3 is 2.84 bits per heavy atom. The highest BCUT2D eigenvalue weighted by atomic mass is 35.5. The number of rotatable bonds is 6. The van der Waals surface area contributed by atoms with Crippen LogP contribution in [0.4, 0.5) is 0 Å². The Labute approximate surface area is 154 Å². The molecule has 1 amide bonds. The number of benzene rings is 2. The monoisotopic (exact) mass is 372 g/mol. The van der Waals surface area contributed by atoms with Gasteiger partial charge in [-0.25, -0.2) is 0 Å². The summed E-state index contributed by atoms with van der Waals surface area (Å²) in [6, 6.07) is 15.0. The molecule has 0 saturated heterocycles. The maximum atomic E-state index is 12.2. The number of aromatic nitrogens is 1. The lowest BCUT2D eigenvalue weighted by Crippen LogP contribution is -2.17. The largest absolute Gasteiger partial charge is 0.493 e. The molecule has 0 radical (unpaired) electrons. The molecule has 0 unspecified atom stereocenters. The summed E-state index contributed by atoms with van der Waals surface area (Å²) in [5.74, 6) is 0.528. The lowest BCUT2D eigenvalue weighted by Gasteiger charge is -2.03.